The Morgan fingerprint density at radius 3 is 2.47 bits per heavy atom. The van der Waals surface area contributed by atoms with Crippen molar-refractivity contribution in [3.63, 3.8) is 0 Å². The summed E-state index contributed by atoms with van der Waals surface area (Å²) in [6, 6.07) is 0. The van der Waals surface area contributed by atoms with Gasteiger partial charge in [-0.25, -0.2) is 0 Å². The summed E-state index contributed by atoms with van der Waals surface area (Å²) in [5.74, 6) is 2.31. The highest BCUT2D eigenvalue weighted by molar-refractivity contribution is 7.86. The zero-order valence-electron chi connectivity index (χ0n) is 9.18. The Morgan fingerprint density at radius 1 is 1.47 bits per heavy atom. The van der Waals surface area contributed by atoms with Gasteiger partial charge in [0.15, 0.2) is 0 Å². The van der Waals surface area contributed by atoms with E-state index in [1.54, 1.807) is 6.92 Å². The number of aliphatic hydroxyl groups excluding tert-OH is 1. The Balaban J connectivity index is 4.56. The van der Waals surface area contributed by atoms with Crippen LogP contribution in [0, 0.1) is 12.3 Å². The average Bonchev–Trinajstić information content (AvgIpc) is 2.21. The minimum absolute atomic E-state index is 0.0267. The van der Waals surface area contributed by atoms with Crippen LogP contribution in [0.25, 0.3) is 0 Å². The number of nitrogens with zero attached hydrogens (tertiary/aromatic N) is 2. The quantitative estimate of drug-likeness (QED) is 0.604. The molecule has 0 radical (unpaired) electrons. The SMILES string of the molecule is C#CCN(CC)S(=O)(=O)N(C)CCCO. The van der Waals surface area contributed by atoms with E-state index in [0.29, 0.717) is 19.5 Å². The molecule has 0 fully saturated rings. The molecule has 0 aromatic heterocycles. The van der Waals surface area contributed by atoms with Crippen LogP contribution in [0.5, 0.6) is 0 Å². The molecule has 6 heteroatoms. The third kappa shape index (κ3) is 4.18. The fourth-order valence-corrected chi connectivity index (χ4v) is 2.38. The topological polar surface area (TPSA) is 60.9 Å². The molecule has 0 heterocycles. The molecule has 0 spiro atoms. The minimum Gasteiger partial charge on any atom is -0.396 e. The fraction of sp³-hybridized carbons (Fsp3) is 0.778. The molecular formula is C9H18N2O3S. The van der Waals surface area contributed by atoms with E-state index >= 15 is 0 Å². The first-order chi connectivity index (χ1) is 7.00. The molecule has 0 aliphatic heterocycles. The lowest BCUT2D eigenvalue weighted by atomic mass is 10.5. The van der Waals surface area contributed by atoms with E-state index in [2.05, 4.69) is 5.92 Å². The van der Waals surface area contributed by atoms with Crippen LogP contribution in [0.4, 0.5) is 0 Å². The molecule has 0 saturated heterocycles. The molecule has 0 saturated carbocycles. The monoisotopic (exact) mass is 234 g/mol. The summed E-state index contributed by atoms with van der Waals surface area (Å²) >= 11 is 0. The van der Waals surface area contributed by atoms with Gasteiger partial charge in [-0.15, -0.1) is 6.42 Å². The summed E-state index contributed by atoms with van der Waals surface area (Å²) < 4.78 is 26.1. The molecule has 88 valence electrons. The van der Waals surface area contributed by atoms with Crippen LogP contribution in [-0.4, -0.2) is 55.4 Å². The second-order valence-corrected chi connectivity index (χ2v) is 5.07. The third-order valence-electron chi connectivity index (χ3n) is 1.97. The summed E-state index contributed by atoms with van der Waals surface area (Å²) in [6.07, 6.45) is 5.51. The Hall–Kier alpha value is -0.610. The van der Waals surface area contributed by atoms with E-state index in [4.69, 9.17) is 11.5 Å². The van der Waals surface area contributed by atoms with Gasteiger partial charge in [0.05, 0.1) is 6.54 Å². The van der Waals surface area contributed by atoms with Crippen molar-refractivity contribution in [2.45, 2.75) is 13.3 Å². The normalized spacial score (nSPS) is 12.0. The highest BCUT2D eigenvalue weighted by Gasteiger charge is 2.24. The van der Waals surface area contributed by atoms with Crippen molar-refractivity contribution in [1.82, 2.24) is 8.61 Å². The standard InChI is InChI=1S/C9H18N2O3S/c1-4-7-11(5-2)15(13,14)10(3)8-6-9-12/h1,12H,5-9H2,2-3H3. The van der Waals surface area contributed by atoms with Crippen LogP contribution in [0.3, 0.4) is 0 Å². The van der Waals surface area contributed by atoms with Crippen LogP contribution < -0.4 is 0 Å². The summed E-state index contributed by atoms with van der Waals surface area (Å²) in [7, 11) is -2.00. The molecule has 15 heavy (non-hydrogen) atoms. The van der Waals surface area contributed by atoms with Gasteiger partial charge in [-0.05, 0) is 6.42 Å². The van der Waals surface area contributed by atoms with Crippen molar-refractivity contribution in [2.75, 3.05) is 33.3 Å². The summed E-state index contributed by atoms with van der Waals surface area (Å²) in [4.78, 5) is 0. The maximum atomic E-state index is 11.8. The predicted molar refractivity (Wildman–Crippen MR) is 59.3 cm³/mol. The van der Waals surface area contributed by atoms with Crippen molar-refractivity contribution in [2.24, 2.45) is 0 Å². The molecule has 0 amide bonds. The van der Waals surface area contributed by atoms with Crippen molar-refractivity contribution in [3.05, 3.63) is 0 Å². The lowest BCUT2D eigenvalue weighted by Crippen LogP contribution is -2.42. The minimum atomic E-state index is -3.47. The first kappa shape index (κ1) is 14.4. The predicted octanol–water partition coefficient (Wildman–Crippen LogP) is -0.499. The summed E-state index contributed by atoms with van der Waals surface area (Å²) in [5.41, 5.74) is 0. The van der Waals surface area contributed by atoms with E-state index < -0.39 is 10.2 Å². The maximum absolute atomic E-state index is 11.8. The van der Waals surface area contributed by atoms with E-state index in [1.165, 1.54) is 15.7 Å². The highest BCUT2D eigenvalue weighted by atomic mass is 32.2. The molecule has 0 aromatic carbocycles. The van der Waals surface area contributed by atoms with Crippen LogP contribution >= 0.6 is 0 Å². The molecule has 0 aliphatic carbocycles. The molecule has 0 atom stereocenters. The van der Waals surface area contributed by atoms with Gasteiger partial charge in [-0.3, -0.25) is 0 Å². The Bertz CT molecular complexity index is 308. The van der Waals surface area contributed by atoms with E-state index in [9.17, 15) is 8.42 Å². The molecule has 0 aromatic rings. The number of aliphatic hydroxyl groups is 1. The molecule has 0 aliphatic rings. The average molecular weight is 234 g/mol. The number of terminal acetylenes is 1. The fourth-order valence-electron chi connectivity index (χ4n) is 1.06. The molecule has 0 rings (SSSR count). The van der Waals surface area contributed by atoms with E-state index in [1.807, 2.05) is 0 Å². The lowest BCUT2D eigenvalue weighted by Gasteiger charge is -2.24. The van der Waals surface area contributed by atoms with Crippen LogP contribution in [0.2, 0.25) is 0 Å². The van der Waals surface area contributed by atoms with Gasteiger partial charge >= 0.3 is 0 Å². The molecule has 5 nitrogen and oxygen atoms in total. The van der Waals surface area contributed by atoms with Crippen LogP contribution in [0.15, 0.2) is 0 Å². The van der Waals surface area contributed by atoms with Gasteiger partial charge in [-0.1, -0.05) is 12.8 Å². The zero-order valence-corrected chi connectivity index (χ0v) is 10.00. The van der Waals surface area contributed by atoms with Gasteiger partial charge in [0, 0.05) is 26.7 Å². The molecule has 0 unspecified atom stereocenters. The Kier molecular flexibility index (Phi) is 6.52. The zero-order chi connectivity index (χ0) is 11.9. The number of rotatable bonds is 7. The van der Waals surface area contributed by atoms with Crippen molar-refractivity contribution in [1.29, 1.82) is 0 Å². The Labute approximate surface area is 91.9 Å². The van der Waals surface area contributed by atoms with Crippen LogP contribution in [0.1, 0.15) is 13.3 Å². The first-order valence-corrected chi connectivity index (χ1v) is 6.16. The molecular weight excluding hydrogens is 216 g/mol. The third-order valence-corrected chi connectivity index (χ3v) is 3.98. The van der Waals surface area contributed by atoms with Gasteiger partial charge in [0.2, 0.25) is 0 Å². The first-order valence-electron chi connectivity index (χ1n) is 4.76. The second kappa shape index (κ2) is 6.80. The highest BCUT2D eigenvalue weighted by Crippen LogP contribution is 2.05. The van der Waals surface area contributed by atoms with Gasteiger partial charge in [0.1, 0.15) is 0 Å². The lowest BCUT2D eigenvalue weighted by molar-refractivity contribution is 0.272. The maximum Gasteiger partial charge on any atom is 0.282 e. The summed E-state index contributed by atoms with van der Waals surface area (Å²) in [6.45, 7) is 2.41. The number of hydrogen-bond donors (Lipinski definition) is 1. The summed E-state index contributed by atoms with van der Waals surface area (Å²) in [5, 5.41) is 8.61. The molecule has 1 N–H and O–H groups in total. The Morgan fingerprint density at radius 2 is 2.07 bits per heavy atom. The van der Waals surface area contributed by atoms with Crippen molar-refractivity contribution in [3.8, 4) is 12.3 Å². The van der Waals surface area contributed by atoms with Gasteiger partial charge in [0.25, 0.3) is 10.2 Å². The largest absolute Gasteiger partial charge is 0.396 e. The van der Waals surface area contributed by atoms with Gasteiger partial charge < -0.3 is 5.11 Å². The van der Waals surface area contributed by atoms with Crippen molar-refractivity contribution < 1.29 is 13.5 Å². The second-order valence-electron chi connectivity index (χ2n) is 3.04. The smallest absolute Gasteiger partial charge is 0.282 e. The number of hydrogen-bond acceptors (Lipinski definition) is 3. The molecule has 0 bridgehead atoms. The van der Waals surface area contributed by atoms with Gasteiger partial charge in [-0.2, -0.15) is 17.0 Å². The van der Waals surface area contributed by atoms with Crippen molar-refractivity contribution >= 4 is 10.2 Å². The van der Waals surface area contributed by atoms with E-state index in [0.717, 1.165) is 0 Å². The van der Waals surface area contributed by atoms with E-state index in [-0.39, 0.29) is 13.2 Å². The van der Waals surface area contributed by atoms with Crippen LogP contribution in [-0.2, 0) is 10.2 Å².